The number of nitrogens with zero attached hydrogens (tertiary/aromatic N) is 2. The van der Waals surface area contributed by atoms with E-state index in [2.05, 4.69) is 10.3 Å². The van der Waals surface area contributed by atoms with Gasteiger partial charge in [-0.05, 0) is 0 Å². The zero-order chi connectivity index (χ0) is 6.41. The fraction of sp³-hybridized carbons (Fsp3) is 0.333. The smallest absolute Gasteiger partial charge is 0.203 e. The van der Waals surface area contributed by atoms with Crippen molar-refractivity contribution in [3.05, 3.63) is 0 Å². The molecule has 44 valence electrons. The molecule has 4 nitrogen and oxygen atoms in total. The van der Waals surface area contributed by atoms with Gasteiger partial charge in [-0.15, -0.1) is 11.6 Å². The first-order valence-electron chi connectivity index (χ1n) is 1.82. The Morgan fingerprint density at radius 3 is 3.00 bits per heavy atom. The molecular formula is C3H5ClN4. The third-order valence-electron chi connectivity index (χ3n) is 0.414. The van der Waals surface area contributed by atoms with Crippen molar-refractivity contribution in [2.75, 3.05) is 6.00 Å². The quantitative estimate of drug-likeness (QED) is 0.127. The predicted molar refractivity (Wildman–Crippen MR) is 31.1 cm³/mol. The lowest BCUT2D eigenvalue weighted by Gasteiger charge is -1.89. The molecular weight excluding hydrogens is 128 g/mol. The number of alkyl halides is 1. The lowest BCUT2D eigenvalue weighted by molar-refractivity contribution is 1.18. The highest BCUT2D eigenvalue weighted by atomic mass is 35.5. The third kappa shape index (κ3) is 3.25. The van der Waals surface area contributed by atoms with Crippen LogP contribution < -0.4 is 11.1 Å². The van der Waals surface area contributed by atoms with E-state index in [4.69, 9.17) is 22.6 Å². The van der Waals surface area contributed by atoms with E-state index in [1.165, 1.54) is 0 Å². The zero-order valence-electron chi connectivity index (χ0n) is 4.06. The number of aliphatic imine (C=N–C) groups is 1. The van der Waals surface area contributed by atoms with Crippen molar-refractivity contribution in [3.63, 3.8) is 0 Å². The second-order valence-electron chi connectivity index (χ2n) is 0.900. The number of hydrogen-bond acceptors (Lipinski definition) is 2. The molecule has 3 N–H and O–H groups in total. The van der Waals surface area contributed by atoms with Gasteiger partial charge in [0.1, 0.15) is 6.00 Å². The van der Waals surface area contributed by atoms with E-state index >= 15 is 0 Å². The Morgan fingerprint density at radius 1 is 2.00 bits per heavy atom. The summed E-state index contributed by atoms with van der Waals surface area (Å²) >= 11 is 5.12. The normalized spacial score (nSPS) is 10.2. The van der Waals surface area contributed by atoms with Gasteiger partial charge in [-0.25, -0.2) is 4.99 Å². The minimum Gasteiger partial charge on any atom is -0.369 e. The summed E-state index contributed by atoms with van der Waals surface area (Å²) in [5.41, 5.74) is 5.03. The fourth-order valence-corrected chi connectivity index (χ4v) is 0.290. The standard InChI is InChI=1S/C3H5ClN4/c4-1-7-3(6)8-2-5/h1H2,(H3,6,7,8). The molecule has 0 atom stereocenters. The minimum absolute atomic E-state index is 0.0440. The number of nitrogens with two attached hydrogens (primary N) is 1. The van der Waals surface area contributed by atoms with Gasteiger partial charge < -0.3 is 5.73 Å². The van der Waals surface area contributed by atoms with Crippen LogP contribution in [0, 0.1) is 11.5 Å². The summed E-state index contributed by atoms with van der Waals surface area (Å²) in [4.78, 5) is 3.44. The number of hydrogen-bond donors (Lipinski definition) is 2. The van der Waals surface area contributed by atoms with Crippen molar-refractivity contribution >= 4 is 17.6 Å². The largest absolute Gasteiger partial charge is 0.369 e. The Hall–Kier alpha value is -0.950. The van der Waals surface area contributed by atoms with E-state index in [0.29, 0.717) is 0 Å². The maximum Gasteiger partial charge on any atom is 0.203 e. The molecule has 0 heterocycles. The van der Waals surface area contributed by atoms with E-state index in [1.807, 2.05) is 0 Å². The second-order valence-corrected chi connectivity index (χ2v) is 1.14. The zero-order valence-corrected chi connectivity index (χ0v) is 4.81. The summed E-state index contributed by atoms with van der Waals surface area (Å²) in [6.45, 7) is 0. The van der Waals surface area contributed by atoms with Crippen LogP contribution in [0.1, 0.15) is 0 Å². The first-order chi connectivity index (χ1) is 3.81. The molecule has 0 saturated carbocycles. The topological polar surface area (TPSA) is 74.2 Å². The van der Waals surface area contributed by atoms with Crippen LogP contribution in [0.4, 0.5) is 0 Å². The highest BCUT2D eigenvalue weighted by Crippen LogP contribution is 1.72. The van der Waals surface area contributed by atoms with Crippen LogP contribution in [-0.2, 0) is 0 Å². The number of rotatable bonds is 1. The van der Waals surface area contributed by atoms with Crippen LogP contribution in [0.25, 0.3) is 0 Å². The van der Waals surface area contributed by atoms with Crippen LogP contribution in [0.3, 0.4) is 0 Å². The van der Waals surface area contributed by atoms with E-state index in [1.54, 1.807) is 6.19 Å². The minimum atomic E-state index is 0.0440. The van der Waals surface area contributed by atoms with Crippen molar-refractivity contribution in [2.45, 2.75) is 0 Å². The Balaban J connectivity index is 3.49. The lowest BCUT2D eigenvalue weighted by atomic mass is 10.9. The summed E-state index contributed by atoms with van der Waals surface area (Å²) in [5.74, 6) is 0.0440. The monoisotopic (exact) mass is 132 g/mol. The number of guanidine groups is 1. The molecule has 8 heavy (non-hydrogen) atoms. The maximum atomic E-state index is 7.90. The second kappa shape index (κ2) is 4.22. The van der Waals surface area contributed by atoms with Crippen LogP contribution in [0.2, 0.25) is 0 Å². The molecule has 0 radical (unpaired) electrons. The Morgan fingerprint density at radius 2 is 2.62 bits per heavy atom. The van der Waals surface area contributed by atoms with Gasteiger partial charge in [-0.1, -0.05) is 0 Å². The molecule has 0 aromatic rings. The van der Waals surface area contributed by atoms with Crippen molar-refractivity contribution < 1.29 is 0 Å². The van der Waals surface area contributed by atoms with Crippen molar-refractivity contribution in [1.82, 2.24) is 5.32 Å². The van der Waals surface area contributed by atoms with E-state index in [-0.39, 0.29) is 12.0 Å². The number of halogens is 1. The predicted octanol–water partition coefficient (Wildman–Crippen LogP) is -0.432. The van der Waals surface area contributed by atoms with Crippen LogP contribution in [0.5, 0.6) is 0 Å². The summed E-state index contributed by atoms with van der Waals surface area (Å²) in [7, 11) is 0. The van der Waals surface area contributed by atoms with Gasteiger partial charge >= 0.3 is 0 Å². The van der Waals surface area contributed by atoms with Gasteiger partial charge in [-0.2, -0.15) is 5.26 Å². The fourth-order valence-electron chi connectivity index (χ4n) is 0.161. The van der Waals surface area contributed by atoms with Gasteiger partial charge in [0.2, 0.25) is 5.96 Å². The first kappa shape index (κ1) is 7.05. The molecule has 0 amide bonds. The van der Waals surface area contributed by atoms with Crippen LogP contribution in [-0.4, -0.2) is 12.0 Å². The number of nitrogens with one attached hydrogen (secondary N) is 1. The third-order valence-corrected chi connectivity index (χ3v) is 0.534. The van der Waals surface area contributed by atoms with Crippen LogP contribution >= 0.6 is 11.6 Å². The van der Waals surface area contributed by atoms with Crippen molar-refractivity contribution in [1.29, 1.82) is 5.26 Å². The van der Waals surface area contributed by atoms with E-state index in [9.17, 15) is 0 Å². The van der Waals surface area contributed by atoms with Gasteiger partial charge in [0, 0.05) is 0 Å². The molecule has 0 spiro atoms. The summed E-state index contributed by atoms with van der Waals surface area (Å²) < 4.78 is 0. The molecule has 0 aromatic carbocycles. The summed E-state index contributed by atoms with van der Waals surface area (Å²) in [6.07, 6.45) is 1.59. The number of nitriles is 1. The highest BCUT2D eigenvalue weighted by Gasteiger charge is 1.81. The molecule has 0 rings (SSSR count). The van der Waals surface area contributed by atoms with Gasteiger partial charge in [0.15, 0.2) is 6.19 Å². The molecule has 0 aliphatic rings. The Bertz CT molecular complexity index is 124. The molecule has 0 aliphatic carbocycles. The lowest BCUT2D eigenvalue weighted by Crippen LogP contribution is -2.27. The van der Waals surface area contributed by atoms with Gasteiger partial charge in [0.05, 0.1) is 0 Å². The van der Waals surface area contributed by atoms with Crippen LogP contribution in [0.15, 0.2) is 4.99 Å². The molecule has 5 heteroatoms. The highest BCUT2D eigenvalue weighted by molar-refractivity contribution is 6.18. The average Bonchev–Trinajstić information content (AvgIpc) is 1.68. The van der Waals surface area contributed by atoms with E-state index < -0.39 is 0 Å². The Kier molecular flexibility index (Phi) is 3.71. The molecule has 0 fully saturated rings. The molecule has 0 aromatic heterocycles. The summed E-state index contributed by atoms with van der Waals surface area (Å²) in [5, 5.41) is 9.99. The van der Waals surface area contributed by atoms with Gasteiger partial charge in [0.25, 0.3) is 0 Å². The SMILES string of the molecule is N#CNC(N)=NCCl. The van der Waals surface area contributed by atoms with Crippen molar-refractivity contribution in [2.24, 2.45) is 10.7 Å². The molecule has 0 bridgehead atoms. The summed E-state index contributed by atoms with van der Waals surface area (Å²) in [6, 6.07) is 0.0700. The van der Waals surface area contributed by atoms with E-state index in [0.717, 1.165) is 0 Å². The van der Waals surface area contributed by atoms with Gasteiger partial charge in [-0.3, -0.25) is 5.32 Å². The maximum absolute atomic E-state index is 7.90. The molecule has 0 saturated heterocycles. The Labute approximate surface area is 52.0 Å². The molecule has 0 unspecified atom stereocenters. The molecule has 0 aliphatic heterocycles. The first-order valence-corrected chi connectivity index (χ1v) is 2.35. The van der Waals surface area contributed by atoms with Crippen molar-refractivity contribution in [3.8, 4) is 6.19 Å². The average molecular weight is 133 g/mol.